The first-order valence-corrected chi connectivity index (χ1v) is 16.6. The number of anilines is 1. The van der Waals surface area contributed by atoms with Gasteiger partial charge in [-0.1, -0.05) is 26.0 Å². The van der Waals surface area contributed by atoms with Crippen LogP contribution in [0.3, 0.4) is 0 Å². The van der Waals surface area contributed by atoms with E-state index >= 15 is 0 Å². The van der Waals surface area contributed by atoms with Crippen LogP contribution in [0.25, 0.3) is 10.6 Å². The number of hydrogen-bond donors (Lipinski definition) is 2. The molecule has 250 valence electrons. The van der Waals surface area contributed by atoms with Crippen LogP contribution in [-0.2, 0) is 26.9 Å². The second-order valence-electron chi connectivity index (χ2n) is 12.2. The second-order valence-corrected chi connectivity index (χ2v) is 13.3. The van der Waals surface area contributed by atoms with E-state index < -0.39 is 41.3 Å². The molecule has 1 aromatic carbocycles. The molecule has 2 aromatic rings. The number of nitrogens with one attached hydrogen (secondary N) is 2. The van der Waals surface area contributed by atoms with Crippen molar-refractivity contribution < 1.29 is 32.3 Å². The number of nitrogens with zero attached hydrogens (tertiary/aromatic N) is 2. The average molecular weight is 661 g/mol. The predicted octanol–water partition coefficient (Wildman–Crippen LogP) is 7.62. The van der Waals surface area contributed by atoms with Gasteiger partial charge in [-0.2, -0.15) is 13.2 Å². The topological polar surface area (TPSA) is 101 Å². The summed E-state index contributed by atoms with van der Waals surface area (Å²) in [5.41, 5.74) is -1.09. The van der Waals surface area contributed by atoms with Crippen molar-refractivity contribution in [1.29, 1.82) is 0 Å². The Kier molecular flexibility index (Phi) is 11.3. The Balaban J connectivity index is 1.52. The molecule has 0 radical (unpaired) electrons. The number of carbonyl (C=O) groups is 3. The zero-order valence-corrected chi connectivity index (χ0v) is 27.4. The van der Waals surface area contributed by atoms with Gasteiger partial charge in [0.2, 0.25) is 11.8 Å². The summed E-state index contributed by atoms with van der Waals surface area (Å²) in [7, 11) is 1.70. The van der Waals surface area contributed by atoms with Crippen LogP contribution in [0.5, 0.6) is 0 Å². The van der Waals surface area contributed by atoms with Gasteiger partial charge in [0.1, 0.15) is 11.1 Å². The third-order valence-corrected chi connectivity index (χ3v) is 10.3. The van der Waals surface area contributed by atoms with Gasteiger partial charge in [-0.05, 0) is 69.6 Å². The minimum absolute atomic E-state index is 0.0925. The zero-order chi connectivity index (χ0) is 33.6. The molecule has 2 aliphatic carbocycles. The number of alkyl halides is 3. The van der Waals surface area contributed by atoms with Crippen LogP contribution < -0.4 is 10.6 Å². The first-order valence-electron chi connectivity index (χ1n) is 15.8. The summed E-state index contributed by atoms with van der Waals surface area (Å²) in [4.78, 5) is 47.3. The number of aryl methyl sites for hydroxylation is 1. The van der Waals surface area contributed by atoms with Gasteiger partial charge in [0, 0.05) is 41.7 Å². The molecule has 0 spiro atoms. The van der Waals surface area contributed by atoms with Crippen LogP contribution in [0.4, 0.5) is 23.7 Å². The van der Waals surface area contributed by atoms with Gasteiger partial charge in [-0.3, -0.25) is 14.9 Å². The molecule has 1 aromatic heterocycles. The molecular weight excluding hydrogens is 617 g/mol. The van der Waals surface area contributed by atoms with Gasteiger partial charge in [0.25, 0.3) is 0 Å². The van der Waals surface area contributed by atoms with Crippen molar-refractivity contribution in [1.82, 2.24) is 15.2 Å². The van der Waals surface area contributed by atoms with Crippen LogP contribution >= 0.6 is 11.3 Å². The van der Waals surface area contributed by atoms with Gasteiger partial charge < -0.3 is 15.0 Å². The van der Waals surface area contributed by atoms with Crippen molar-refractivity contribution in [3.8, 4) is 10.6 Å². The quantitative estimate of drug-likeness (QED) is 0.160. The molecule has 0 saturated heterocycles. The third kappa shape index (κ3) is 8.18. The number of carbonyl (C=O) groups excluding carboxylic acids is 3. The molecule has 3 amide bonds. The van der Waals surface area contributed by atoms with Gasteiger partial charge >= 0.3 is 12.3 Å². The van der Waals surface area contributed by atoms with Crippen molar-refractivity contribution >= 4 is 34.9 Å². The maximum Gasteiger partial charge on any atom is 0.416 e. The molecule has 8 nitrogen and oxygen atoms in total. The van der Waals surface area contributed by atoms with Gasteiger partial charge in [0.15, 0.2) is 0 Å². The molecule has 1 heterocycles. The van der Waals surface area contributed by atoms with E-state index in [9.17, 15) is 27.6 Å². The maximum atomic E-state index is 13.6. The SMILES string of the molecule is C=CCCCCN(C)C(=O)[C@@H]1C[C@H](OC(=O)Nc2cc(C(F)(F)F)ccc2-c2ncc(CC)s2)C[C@H]1C(=O)N[C@]1(CC)C[C@H]1C=C. The zero-order valence-electron chi connectivity index (χ0n) is 26.6. The van der Waals surface area contributed by atoms with E-state index in [1.54, 1.807) is 18.1 Å². The van der Waals surface area contributed by atoms with Gasteiger partial charge in [-0.15, -0.1) is 24.5 Å². The van der Waals surface area contributed by atoms with Crippen LogP contribution in [0.15, 0.2) is 49.7 Å². The Morgan fingerprint density at radius 3 is 2.52 bits per heavy atom. The fourth-order valence-corrected chi connectivity index (χ4v) is 7.09. The smallest absolute Gasteiger partial charge is 0.416 e. The standard InChI is InChI=1S/C34H43F3N4O4S/c1-6-10-11-12-15-41(5)31(43)27-18-23(17-26(27)29(42)40-33(9-4)19-21(33)7-2)45-32(44)39-28-16-22(34(35,36)37)13-14-25(28)30-38-20-24(8-3)46-30/h6-7,13-14,16,20-21,23,26-27H,1-2,8-12,15,17-19H2,3-5H3,(H,39,44)(H,40,42)/t21-,23-,26-,27-,33-/m1/s1. The highest BCUT2D eigenvalue weighted by Gasteiger charge is 2.54. The fraction of sp³-hybridized carbons (Fsp3) is 0.529. The number of aromatic nitrogens is 1. The van der Waals surface area contributed by atoms with Crippen LogP contribution in [0, 0.1) is 17.8 Å². The third-order valence-electron chi connectivity index (χ3n) is 9.11. The van der Waals surface area contributed by atoms with Gasteiger partial charge in [0.05, 0.1) is 23.1 Å². The van der Waals surface area contributed by atoms with Crippen molar-refractivity contribution in [3.05, 3.63) is 60.1 Å². The summed E-state index contributed by atoms with van der Waals surface area (Å²) in [6, 6.07) is 3.09. The van der Waals surface area contributed by atoms with E-state index in [-0.39, 0.29) is 36.3 Å². The molecule has 0 unspecified atom stereocenters. The van der Waals surface area contributed by atoms with Crippen molar-refractivity contribution in [3.63, 3.8) is 0 Å². The first-order chi connectivity index (χ1) is 21.8. The van der Waals surface area contributed by atoms with Crippen molar-refractivity contribution in [2.75, 3.05) is 18.9 Å². The Morgan fingerprint density at radius 1 is 1.17 bits per heavy atom. The highest BCUT2D eigenvalue weighted by atomic mass is 32.1. The highest BCUT2D eigenvalue weighted by molar-refractivity contribution is 7.15. The molecule has 2 N–H and O–H groups in total. The number of benzene rings is 1. The summed E-state index contributed by atoms with van der Waals surface area (Å²) in [6.07, 6.45) is 3.81. The fourth-order valence-electron chi connectivity index (χ4n) is 6.20. The molecule has 12 heteroatoms. The summed E-state index contributed by atoms with van der Waals surface area (Å²) in [6.45, 7) is 12.0. The minimum Gasteiger partial charge on any atom is -0.446 e. The summed E-state index contributed by atoms with van der Waals surface area (Å²) >= 11 is 1.32. The number of unbranched alkanes of at least 4 members (excludes halogenated alkanes) is 2. The number of ether oxygens (including phenoxy) is 1. The molecule has 2 fully saturated rings. The second kappa shape index (κ2) is 14.8. The number of halogens is 3. The molecule has 0 aliphatic heterocycles. The predicted molar refractivity (Wildman–Crippen MR) is 173 cm³/mol. The van der Waals surface area contributed by atoms with E-state index in [1.807, 2.05) is 26.0 Å². The summed E-state index contributed by atoms with van der Waals surface area (Å²) in [5.74, 6) is -1.78. The largest absolute Gasteiger partial charge is 0.446 e. The number of amides is 3. The molecule has 4 rings (SSSR count). The minimum atomic E-state index is -4.63. The summed E-state index contributed by atoms with van der Waals surface area (Å²) in [5, 5.41) is 6.10. The monoisotopic (exact) mass is 660 g/mol. The van der Waals surface area contributed by atoms with Crippen molar-refractivity contribution in [2.24, 2.45) is 17.8 Å². The van der Waals surface area contributed by atoms with Gasteiger partial charge in [-0.25, -0.2) is 9.78 Å². The summed E-state index contributed by atoms with van der Waals surface area (Å²) < 4.78 is 46.5. The van der Waals surface area contributed by atoms with E-state index in [0.29, 0.717) is 30.0 Å². The Labute approximate surface area is 272 Å². The van der Waals surface area contributed by atoms with Crippen molar-refractivity contribution in [2.45, 2.75) is 83.0 Å². The number of rotatable bonds is 14. The van der Waals surface area contributed by atoms with Crippen LogP contribution in [0.2, 0.25) is 0 Å². The number of hydrogen-bond acceptors (Lipinski definition) is 6. The lowest BCUT2D eigenvalue weighted by Crippen LogP contribution is -2.45. The molecule has 0 bridgehead atoms. The van der Waals surface area contributed by atoms with E-state index in [1.165, 1.54) is 17.4 Å². The maximum absolute atomic E-state index is 13.6. The molecule has 2 aliphatic rings. The van der Waals surface area contributed by atoms with Crippen LogP contribution in [-0.4, -0.2) is 53.0 Å². The lowest BCUT2D eigenvalue weighted by molar-refractivity contribution is -0.140. The Hall–Kier alpha value is -3.67. The lowest BCUT2D eigenvalue weighted by atomic mass is 9.93. The number of allylic oxidation sites excluding steroid dienone is 1. The average Bonchev–Trinajstić information content (AvgIpc) is 3.30. The molecular formula is C34H43F3N4O4S. The Morgan fingerprint density at radius 2 is 1.91 bits per heavy atom. The Bertz CT molecular complexity index is 1440. The highest BCUT2D eigenvalue weighted by Crippen LogP contribution is 2.48. The van der Waals surface area contributed by atoms with E-state index in [0.717, 1.165) is 42.7 Å². The molecule has 2 saturated carbocycles. The normalized spacial score (nSPS) is 23.8. The van der Waals surface area contributed by atoms with Crippen LogP contribution in [0.1, 0.15) is 69.2 Å². The molecule has 5 atom stereocenters. The first kappa shape index (κ1) is 35.2. The number of thiazole rings is 1. The lowest BCUT2D eigenvalue weighted by Gasteiger charge is -2.26. The van der Waals surface area contributed by atoms with E-state index in [2.05, 4.69) is 28.8 Å². The van der Waals surface area contributed by atoms with E-state index in [4.69, 9.17) is 4.74 Å². The molecule has 46 heavy (non-hydrogen) atoms.